The molecule has 1 aromatic rings. The molecule has 1 N–H and O–H groups in total. The van der Waals surface area contributed by atoms with Crippen LogP contribution in [-0.4, -0.2) is 19.7 Å². The molecule has 0 bridgehead atoms. The van der Waals surface area contributed by atoms with E-state index in [0.717, 1.165) is 12.1 Å². The third-order valence-corrected chi connectivity index (χ3v) is 2.62. The van der Waals surface area contributed by atoms with Crippen molar-refractivity contribution in [3.63, 3.8) is 0 Å². The van der Waals surface area contributed by atoms with Gasteiger partial charge in [0, 0.05) is 16.6 Å². The predicted octanol–water partition coefficient (Wildman–Crippen LogP) is 3.12. The van der Waals surface area contributed by atoms with Gasteiger partial charge in [0.25, 0.3) is 0 Å². The van der Waals surface area contributed by atoms with E-state index < -0.39 is 0 Å². The van der Waals surface area contributed by atoms with E-state index in [1.165, 1.54) is 0 Å². The highest BCUT2D eigenvalue weighted by molar-refractivity contribution is 6.35. The maximum atomic E-state index is 6.01. The topological polar surface area (TPSA) is 21.3 Å². The Morgan fingerprint density at radius 2 is 2.13 bits per heavy atom. The number of nitrogens with one attached hydrogen (secondary N) is 1. The second-order valence-electron chi connectivity index (χ2n) is 3.42. The zero-order chi connectivity index (χ0) is 11.3. The van der Waals surface area contributed by atoms with Gasteiger partial charge in [-0.15, -0.1) is 0 Å². The first-order chi connectivity index (χ1) is 7.13. The van der Waals surface area contributed by atoms with E-state index in [0.29, 0.717) is 16.7 Å². The highest BCUT2D eigenvalue weighted by Crippen LogP contribution is 2.21. The van der Waals surface area contributed by atoms with Gasteiger partial charge in [-0.05, 0) is 31.7 Å². The fraction of sp³-hybridized carbons (Fsp3) is 0.455. The first-order valence-electron chi connectivity index (χ1n) is 4.83. The minimum atomic E-state index is 0.168. The molecule has 0 aliphatic carbocycles. The van der Waals surface area contributed by atoms with Crippen LogP contribution in [0.2, 0.25) is 10.0 Å². The highest BCUT2D eigenvalue weighted by atomic mass is 35.5. The Bertz CT molecular complexity index is 317. The van der Waals surface area contributed by atoms with Gasteiger partial charge in [-0.25, -0.2) is 0 Å². The van der Waals surface area contributed by atoms with Crippen LogP contribution in [0, 0.1) is 0 Å². The van der Waals surface area contributed by atoms with Gasteiger partial charge in [0.05, 0.1) is 12.7 Å². The van der Waals surface area contributed by atoms with Crippen LogP contribution in [0.3, 0.4) is 0 Å². The van der Waals surface area contributed by atoms with Gasteiger partial charge in [-0.2, -0.15) is 0 Å². The first-order valence-corrected chi connectivity index (χ1v) is 5.59. The Morgan fingerprint density at radius 1 is 1.40 bits per heavy atom. The lowest BCUT2D eigenvalue weighted by Gasteiger charge is -2.13. The van der Waals surface area contributed by atoms with Gasteiger partial charge in [-0.3, -0.25) is 0 Å². The summed E-state index contributed by atoms with van der Waals surface area (Å²) in [6.45, 7) is 3.35. The first kappa shape index (κ1) is 12.8. The molecule has 0 aliphatic rings. The molecule has 0 heterocycles. The van der Waals surface area contributed by atoms with Crippen LogP contribution in [0.1, 0.15) is 12.5 Å². The molecule has 0 amide bonds. The molecule has 1 rings (SSSR count). The molecule has 1 atom stereocenters. The maximum absolute atomic E-state index is 6.01. The SMILES string of the molecule is CNCC(C)OCc1ccc(Cl)cc1Cl. The summed E-state index contributed by atoms with van der Waals surface area (Å²) in [6.07, 6.45) is 0.168. The van der Waals surface area contributed by atoms with E-state index in [4.69, 9.17) is 27.9 Å². The van der Waals surface area contributed by atoms with E-state index in [1.54, 1.807) is 6.07 Å². The van der Waals surface area contributed by atoms with Crippen molar-refractivity contribution in [3.8, 4) is 0 Å². The summed E-state index contributed by atoms with van der Waals surface area (Å²) in [5.41, 5.74) is 0.962. The third-order valence-electron chi connectivity index (χ3n) is 2.03. The molecule has 1 aromatic carbocycles. The Hall–Kier alpha value is -0.280. The minimum Gasteiger partial charge on any atom is -0.372 e. The van der Waals surface area contributed by atoms with E-state index in [1.807, 2.05) is 26.1 Å². The molecule has 0 saturated carbocycles. The summed E-state index contributed by atoms with van der Waals surface area (Å²) in [7, 11) is 1.90. The predicted molar refractivity (Wildman–Crippen MR) is 64.6 cm³/mol. The van der Waals surface area contributed by atoms with Crippen molar-refractivity contribution in [2.45, 2.75) is 19.6 Å². The van der Waals surface area contributed by atoms with Crippen molar-refractivity contribution in [3.05, 3.63) is 33.8 Å². The van der Waals surface area contributed by atoms with Crippen LogP contribution in [0.15, 0.2) is 18.2 Å². The van der Waals surface area contributed by atoms with Gasteiger partial charge < -0.3 is 10.1 Å². The monoisotopic (exact) mass is 247 g/mol. The lowest BCUT2D eigenvalue weighted by Crippen LogP contribution is -2.23. The van der Waals surface area contributed by atoms with Crippen LogP contribution in [0.4, 0.5) is 0 Å². The average Bonchev–Trinajstić information content (AvgIpc) is 2.17. The second kappa shape index (κ2) is 6.33. The Labute approximate surface area is 101 Å². The molecule has 15 heavy (non-hydrogen) atoms. The van der Waals surface area contributed by atoms with Crippen LogP contribution in [0.5, 0.6) is 0 Å². The fourth-order valence-electron chi connectivity index (χ4n) is 1.22. The molecular formula is C11H15Cl2NO. The molecule has 0 spiro atoms. The van der Waals surface area contributed by atoms with Crippen molar-refractivity contribution in [2.75, 3.05) is 13.6 Å². The molecule has 0 aromatic heterocycles. The molecule has 1 unspecified atom stereocenters. The summed E-state index contributed by atoms with van der Waals surface area (Å²) in [6, 6.07) is 5.43. The van der Waals surface area contributed by atoms with Crippen molar-refractivity contribution in [2.24, 2.45) is 0 Å². The third kappa shape index (κ3) is 4.39. The lowest BCUT2D eigenvalue weighted by molar-refractivity contribution is 0.0545. The molecule has 0 fully saturated rings. The number of likely N-dealkylation sites (N-methyl/N-ethyl adjacent to an activating group) is 1. The second-order valence-corrected chi connectivity index (χ2v) is 4.26. The summed E-state index contributed by atoms with van der Waals surface area (Å²) in [4.78, 5) is 0. The van der Waals surface area contributed by atoms with Crippen molar-refractivity contribution < 1.29 is 4.74 Å². The molecule has 84 valence electrons. The summed E-state index contributed by atoms with van der Waals surface area (Å²) < 4.78 is 5.60. The summed E-state index contributed by atoms with van der Waals surface area (Å²) >= 11 is 11.8. The normalized spacial score (nSPS) is 12.8. The standard InChI is InChI=1S/C11H15Cl2NO/c1-8(6-14-2)15-7-9-3-4-10(12)5-11(9)13/h3-5,8,14H,6-7H2,1-2H3. The number of hydrogen-bond donors (Lipinski definition) is 1. The highest BCUT2D eigenvalue weighted by Gasteiger charge is 2.04. The number of ether oxygens (including phenoxy) is 1. The van der Waals surface area contributed by atoms with Crippen LogP contribution in [-0.2, 0) is 11.3 Å². The summed E-state index contributed by atoms with van der Waals surface area (Å²) in [5, 5.41) is 4.35. The molecule has 0 saturated heterocycles. The average molecular weight is 248 g/mol. The van der Waals surface area contributed by atoms with Crippen LogP contribution < -0.4 is 5.32 Å². The van der Waals surface area contributed by atoms with Crippen LogP contribution in [0.25, 0.3) is 0 Å². The van der Waals surface area contributed by atoms with Gasteiger partial charge in [0.1, 0.15) is 0 Å². The van der Waals surface area contributed by atoms with Crippen LogP contribution >= 0.6 is 23.2 Å². The smallest absolute Gasteiger partial charge is 0.0735 e. The minimum absolute atomic E-state index is 0.168. The zero-order valence-corrected chi connectivity index (χ0v) is 10.4. The Balaban J connectivity index is 2.50. The van der Waals surface area contributed by atoms with E-state index >= 15 is 0 Å². The van der Waals surface area contributed by atoms with E-state index in [2.05, 4.69) is 5.32 Å². The zero-order valence-electron chi connectivity index (χ0n) is 8.89. The van der Waals surface area contributed by atoms with Gasteiger partial charge in [-0.1, -0.05) is 29.3 Å². The fourth-order valence-corrected chi connectivity index (χ4v) is 1.68. The van der Waals surface area contributed by atoms with E-state index in [9.17, 15) is 0 Å². The van der Waals surface area contributed by atoms with Crippen molar-refractivity contribution >= 4 is 23.2 Å². The number of hydrogen-bond acceptors (Lipinski definition) is 2. The lowest BCUT2D eigenvalue weighted by atomic mass is 10.2. The number of halogens is 2. The molecule has 4 heteroatoms. The number of rotatable bonds is 5. The van der Waals surface area contributed by atoms with E-state index in [-0.39, 0.29) is 6.10 Å². The summed E-state index contributed by atoms with van der Waals surface area (Å²) in [5.74, 6) is 0. The van der Waals surface area contributed by atoms with Gasteiger partial charge >= 0.3 is 0 Å². The Kier molecular flexibility index (Phi) is 5.40. The van der Waals surface area contributed by atoms with Crippen molar-refractivity contribution in [1.82, 2.24) is 5.32 Å². The molecule has 2 nitrogen and oxygen atoms in total. The number of benzene rings is 1. The van der Waals surface area contributed by atoms with Crippen molar-refractivity contribution in [1.29, 1.82) is 0 Å². The van der Waals surface area contributed by atoms with Gasteiger partial charge in [0.15, 0.2) is 0 Å². The largest absolute Gasteiger partial charge is 0.372 e. The molecule has 0 radical (unpaired) electrons. The molecule has 0 aliphatic heterocycles. The molecular weight excluding hydrogens is 233 g/mol. The van der Waals surface area contributed by atoms with Gasteiger partial charge in [0.2, 0.25) is 0 Å². The Morgan fingerprint density at radius 3 is 2.73 bits per heavy atom. The maximum Gasteiger partial charge on any atom is 0.0735 e. The quantitative estimate of drug-likeness (QED) is 0.864.